The molecule has 3 rings (SSSR count). The van der Waals surface area contributed by atoms with Crippen LogP contribution in [0.25, 0.3) is 0 Å². The molecule has 2 N–H and O–H groups in total. The average Bonchev–Trinajstić information content (AvgIpc) is 2.65. The molecule has 7 heteroatoms. The average molecular weight is 366 g/mol. The van der Waals surface area contributed by atoms with Crippen LogP contribution in [0.5, 0.6) is 5.75 Å². The van der Waals surface area contributed by atoms with Gasteiger partial charge in [-0.25, -0.2) is 14.4 Å². The molecule has 0 aliphatic rings. The van der Waals surface area contributed by atoms with Crippen LogP contribution >= 0.6 is 0 Å². The summed E-state index contributed by atoms with van der Waals surface area (Å²) in [5.41, 5.74) is 1.05. The maximum absolute atomic E-state index is 13.6. The van der Waals surface area contributed by atoms with Gasteiger partial charge in [-0.1, -0.05) is 12.1 Å². The van der Waals surface area contributed by atoms with Gasteiger partial charge in [-0.2, -0.15) is 0 Å². The number of aromatic nitrogens is 2. The first-order chi connectivity index (χ1) is 13.0. The standard InChI is InChI=1S/C20H19FN4O2/c1-13(2)27-15-9-7-14(8-10-15)24-20(26)18-11-23-19(12-22-18)25-17-6-4-3-5-16(17)21/h3-13H,1-2H3,(H,23,25)(H,24,26). The van der Waals surface area contributed by atoms with Crippen molar-refractivity contribution >= 4 is 23.1 Å². The molecule has 3 aromatic rings. The summed E-state index contributed by atoms with van der Waals surface area (Å²) in [6, 6.07) is 13.3. The number of carbonyl (C=O) groups excluding carboxylic acids is 1. The molecule has 1 heterocycles. The molecule has 0 bridgehead atoms. The zero-order chi connectivity index (χ0) is 19.2. The second kappa shape index (κ2) is 8.27. The third-order valence-electron chi connectivity index (χ3n) is 3.51. The van der Waals surface area contributed by atoms with Crippen LogP contribution in [-0.4, -0.2) is 22.0 Å². The Balaban J connectivity index is 1.63. The molecule has 138 valence electrons. The van der Waals surface area contributed by atoms with Crippen molar-refractivity contribution in [2.45, 2.75) is 20.0 Å². The van der Waals surface area contributed by atoms with E-state index in [1.807, 2.05) is 13.8 Å². The second-order valence-electron chi connectivity index (χ2n) is 6.04. The number of rotatable bonds is 6. The fourth-order valence-corrected chi connectivity index (χ4v) is 2.29. The van der Waals surface area contributed by atoms with Crippen molar-refractivity contribution in [3.63, 3.8) is 0 Å². The third-order valence-corrected chi connectivity index (χ3v) is 3.51. The van der Waals surface area contributed by atoms with Crippen molar-refractivity contribution in [3.05, 3.63) is 72.4 Å². The van der Waals surface area contributed by atoms with Crippen molar-refractivity contribution < 1.29 is 13.9 Å². The van der Waals surface area contributed by atoms with Crippen LogP contribution in [0.1, 0.15) is 24.3 Å². The molecule has 0 spiro atoms. The summed E-state index contributed by atoms with van der Waals surface area (Å²) >= 11 is 0. The van der Waals surface area contributed by atoms with E-state index in [9.17, 15) is 9.18 Å². The molecule has 1 amide bonds. The zero-order valence-corrected chi connectivity index (χ0v) is 14.9. The molecule has 0 aliphatic carbocycles. The Morgan fingerprint density at radius 1 is 1.04 bits per heavy atom. The number of carbonyl (C=O) groups is 1. The highest BCUT2D eigenvalue weighted by atomic mass is 19.1. The summed E-state index contributed by atoms with van der Waals surface area (Å²) in [5, 5.41) is 5.56. The number of nitrogens with one attached hydrogen (secondary N) is 2. The number of hydrogen-bond acceptors (Lipinski definition) is 5. The minimum Gasteiger partial charge on any atom is -0.491 e. The molecule has 0 aliphatic heterocycles. The fraction of sp³-hybridized carbons (Fsp3) is 0.150. The van der Waals surface area contributed by atoms with Crippen LogP contribution < -0.4 is 15.4 Å². The molecule has 0 atom stereocenters. The molecule has 6 nitrogen and oxygen atoms in total. The van der Waals surface area contributed by atoms with Crippen molar-refractivity contribution in [2.24, 2.45) is 0 Å². The Morgan fingerprint density at radius 3 is 2.41 bits per heavy atom. The molecule has 1 aromatic heterocycles. The fourth-order valence-electron chi connectivity index (χ4n) is 2.29. The van der Waals surface area contributed by atoms with Crippen LogP contribution in [0.4, 0.5) is 21.6 Å². The maximum atomic E-state index is 13.6. The van der Waals surface area contributed by atoms with Gasteiger partial charge in [-0.3, -0.25) is 4.79 Å². The summed E-state index contributed by atoms with van der Waals surface area (Å²) in [6.07, 6.45) is 2.78. The summed E-state index contributed by atoms with van der Waals surface area (Å²) < 4.78 is 19.2. The smallest absolute Gasteiger partial charge is 0.275 e. The van der Waals surface area contributed by atoms with Crippen LogP contribution in [0.15, 0.2) is 60.9 Å². The van der Waals surface area contributed by atoms with E-state index in [1.54, 1.807) is 42.5 Å². The SMILES string of the molecule is CC(C)Oc1ccc(NC(=O)c2cnc(Nc3ccccc3F)cn2)cc1. The zero-order valence-electron chi connectivity index (χ0n) is 14.9. The summed E-state index contributed by atoms with van der Waals surface area (Å²) in [7, 11) is 0. The van der Waals surface area contributed by atoms with Crippen LogP contribution in [0.3, 0.4) is 0 Å². The van der Waals surface area contributed by atoms with Crippen molar-refractivity contribution in [3.8, 4) is 5.75 Å². The Hall–Kier alpha value is -3.48. The van der Waals surface area contributed by atoms with Gasteiger partial charge in [-0.05, 0) is 50.2 Å². The lowest BCUT2D eigenvalue weighted by Crippen LogP contribution is -2.14. The third kappa shape index (κ3) is 5.01. The largest absolute Gasteiger partial charge is 0.491 e. The first kappa shape index (κ1) is 18.3. The van der Waals surface area contributed by atoms with Gasteiger partial charge in [0.2, 0.25) is 0 Å². The lowest BCUT2D eigenvalue weighted by molar-refractivity contribution is 0.102. The Bertz CT molecular complexity index is 912. The van der Waals surface area contributed by atoms with E-state index in [2.05, 4.69) is 20.6 Å². The molecule has 0 radical (unpaired) electrons. The molecule has 0 saturated heterocycles. The number of nitrogens with zero attached hydrogens (tertiary/aromatic N) is 2. The highest BCUT2D eigenvalue weighted by molar-refractivity contribution is 6.02. The van der Waals surface area contributed by atoms with Crippen molar-refractivity contribution in [1.29, 1.82) is 0 Å². The summed E-state index contributed by atoms with van der Waals surface area (Å²) in [4.78, 5) is 20.5. The van der Waals surface area contributed by atoms with Gasteiger partial charge in [0.25, 0.3) is 5.91 Å². The van der Waals surface area contributed by atoms with Gasteiger partial charge in [0.15, 0.2) is 0 Å². The molecular weight excluding hydrogens is 347 g/mol. The van der Waals surface area contributed by atoms with Gasteiger partial charge in [0.1, 0.15) is 23.1 Å². The highest BCUT2D eigenvalue weighted by Gasteiger charge is 2.10. The lowest BCUT2D eigenvalue weighted by atomic mass is 10.3. The molecular formula is C20H19FN4O2. The molecule has 0 fully saturated rings. The number of benzene rings is 2. The molecule has 0 saturated carbocycles. The van der Waals surface area contributed by atoms with E-state index in [4.69, 9.17) is 4.74 Å². The monoisotopic (exact) mass is 366 g/mol. The summed E-state index contributed by atoms with van der Waals surface area (Å²) in [5.74, 6) is 0.279. The predicted octanol–water partition coefficient (Wildman–Crippen LogP) is 4.40. The van der Waals surface area contributed by atoms with Crippen LogP contribution in [-0.2, 0) is 0 Å². The highest BCUT2D eigenvalue weighted by Crippen LogP contribution is 2.19. The molecule has 27 heavy (non-hydrogen) atoms. The Morgan fingerprint density at radius 2 is 1.78 bits per heavy atom. The minimum atomic E-state index is -0.397. The summed E-state index contributed by atoms with van der Waals surface area (Å²) in [6.45, 7) is 3.89. The van der Waals surface area contributed by atoms with Crippen LogP contribution in [0, 0.1) is 5.82 Å². The van der Waals surface area contributed by atoms with E-state index in [1.165, 1.54) is 18.5 Å². The number of amides is 1. The maximum Gasteiger partial charge on any atom is 0.275 e. The number of anilines is 3. The van der Waals surface area contributed by atoms with E-state index in [0.717, 1.165) is 5.75 Å². The van der Waals surface area contributed by atoms with Gasteiger partial charge < -0.3 is 15.4 Å². The first-order valence-electron chi connectivity index (χ1n) is 8.43. The predicted molar refractivity (Wildman–Crippen MR) is 102 cm³/mol. The van der Waals surface area contributed by atoms with Gasteiger partial charge in [-0.15, -0.1) is 0 Å². The molecule has 2 aromatic carbocycles. The minimum absolute atomic E-state index is 0.0807. The van der Waals surface area contributed by atoms with E-state index in [0.29, 0.717) is 11.5 Å². The second-order valence-corrected chi connectivity index (χ2v) is 6.04. The van der Waals surface area contributed by atoms with Crippen LogP contribution in [0.2, 0.25) is 0 Å². The van der Waals surface area contributed by atoms with E-state index in [-0.39, 0.29) is 17.5 Å². The first-order valence-corrected chi connectivity index (χ1v) is 8.43. The topological polar surface area (TPSA) is 76.1 Å². The normalized spacial score (nSPS) is 10.5. The van der Waals surface area contributed by atoms with Crippen molar-refractivity contribution in [2.75, 3.05) is 10.6 Å². The number of para-hydroxylation sites is 1. The van der Waals surface area contributed by atoms with Crippen molar-refractivity contribution in [1.82, 2.24) is 9.97 Å². The Labute approximate surface area is 156 Å². The van der Waals surface area contributed by atoms with Gasteiger partial charge >= 0.3 is 0 Å². The number of ether oxygens (including phenoxy) is 1. The Kier molecular flexibility index (Phi) is 5.61. The van der Waals surface area contributed by atoms with E-state index >= 15 is 0 Å². The number of halogens is 1. The quantitative estimate of drug-likeness (QED) is 0.676. The number of hydrogen-bond donors (Lipinski definition) is 2. The van der Waals surface area contributed by atoms with Gasteiger partial charge in [0, 0.05) is 5.69 Å². The van der Waals surface area contributed by atoms with Gasteiger partial charge in [0.05, 0.1) is 24.2 Å². The van der Waals surface area contributed by atoms with E-state index < -0.39 is 11.7 Å². The lowest BCUT2D eigenvalue weighted by Gasteiger charge is -2.10. The molecule has 0 unspecified atom stereocenters.